The number of phenols is 1. The fraction of sp³-hybridized carbons (Fsp3) is 0.429. The number of rotatable bonds is 5. The van der Waals surface area contributed by atoms with Gasteiger partial charge in [0, 0.05) is 5.54 Å². The molecule has 0 heterocycles. The summed E-state index contributed by atoms with van der Waals surface area (Å²) in [5, 5.41) is 14.6. The van der Waals surface area contributed by atoms with Crippen LogP contribution in [0.25, 0.3) is 0 Å². The molecule has 0 unspecified atom stereocenters. The first kappa shape index (κ1) is 15.8. The van der Waals surface area contributed by atoms with Crippen LogP contribution in [0.2, 0.25) is 0 Å². The van der Waals surface area contributed by atoms with E-state index in [1.807, 2.05) is 20.8 Å². The van der Waals surface area contributed by atoms with Crippen molar-refractivity contribution in [3.05, 3.63) is 24.3 Å². The number of amides is 2. The van der Waals surface area contributed by atoms with Crippen LogP contribution in [0.3, 0.4) is 0 Å². The SMILES string of the molecule is CC(C)(C)NC(=O)CNC(=O)COc1ccccc1O. The number of phenolic OH excluding ortho intramolecular Hbond substituents is 1. The van der Waals surface area contributed by atoms with E-state index in [0.29, 0.717) is 0 Å². The summed E-state index contributed by atoms with van der Waals surface area (Å²) in [7, 11) is 0. The number of benzene rings is 1. The van der Waals surface area contributed by atoms with E-state index in [-0.39, 0.29) is 36.1 Å². The average Bonchev–Trinajstić information content (AvgIpc) is 2.33. The molecule has 1 rings (SSSR count). The second-order valence-corrected chi connectivity index (χ2v) is 5.33. The molecule has 0 aromatic heterocycles. The Labute approximate surface area is 118 Å². The molecule has 6 heteroatoms. The fourth-order valence-electron chi connectivity index (χ4n) is 1.41. The molecule has 0 bridgehead atoms. The van der Waals surface area contributed by atoms with Crippen molar-refractivity contribution >= 4 is 11.8 Å². The summed E-state index contributed by atoms with van der Waals surface area (Å²) in [6.07, 6.45) is 0. The third-order valence-corrected chi connectivity index (χ3v) is 2.18. The molecule has 0 saturated heterocycles. The van der Waals surface area contributed by atoms with Crippen LogP contribution in [0.5, 0.6) is 11.5 Å². The molecule has 0 aliphatic rings. The minimum Gasteiger partial charge on any atom is -0.504 e. The lowest BCUT2D eigenvalue weighted by Gasteiger charge is -2.20. The van der Waals surface area contributed by atoms with Crippen molar-refractivity contribution in [2.24, 2.45) is 0 Å². The molecular formula is C14H20N2O4. The zero-order valence-corrected chi connectivity index (χ0v) is 11.9. The van der Waals surface area contributed by atoms with Crippen LogP contribution in [0, 0.1) is 0 Å². The summed E-state index contributed by atoms with van der Waals surface area (Å²) in [4.78, 5) is 23.0. The minimum absolute atomic E-state index is 0.0363. The van der Waals surface area contributed by atoms with E-state index in [1.165, 1.54) is 6.07 Å². The van der Waals surface area contributed by atoms with Gasteiger partial charge < -0.3 is 20.5 Å². The number of para-hydroxylation sites is 2. The van der Waals surface area contributed by atoms with E-state index in [2.05, 4.69) is 10.6 Å². The van der Waals surface area contributed by atoms with Gasteiger partial charge in [-0.3, -0.25) is 9.59 Å². The Morgan fingerprint density at radius 1 is 1.20 bits per heavy atom. The number of hydrogen-bond acceptors (Lipinski definition) is 4. The van der Waals surface area contributed by atoms with Gasteiger partial charge in [-0.05, 0) is 32.9 Å². The van der Waals surface area contributed by atoms with Crippen LogP contribution in [0.1, 0.15) is 20.8 Å². The number of carbonyl (C=O) groups excluding carboxylic acids is 2. The maximum Gasteiger partial charge on any atom is 0.258 e. The second kappa shape index (κ2) is 6.79. The monoisotopic (exact) mass is 280 g/mol. The predicted octanol–water partition coefficient (Wildman–Crippen LogP) is 0.802. The van der Waals surface area contributed by atoms with Crippen molar-refractivity contribution < 1.29 is 19.4 Å². The van der Waals surface area contributed by atoms with Crippen molar-refractivity contribution in [3.63, 3.8) is 0 Å². The normalized spacial score (nSPS) is 10.8. The van der Waals surface area contributed by atoms with Crippen LogP contribution < -0.4 is 15.4 Å². The van der Waals surface area contributed by atoms with Crippen LogP contribution in [-0.2, 0) is 9.59 Å². The molecule has 0 spiro atoms. The maximum atomic E-state index is 11.5. The molecule has 20 heavy (non-hydrogen) atoms. The summed E-state index contributed by atoms with van der Waals surface area (Å²) < 4.78 is 5.14. The molecule has 110 valence electrons. The number of aromatic hydroxyl groups is 1. The Balaban J connectivity index is 2.31. The molecule has 0 aliphatic carbocycles. The van der Waals surface area contributed by atoms with Crippen LogP contribution in [-0.4, -0.2) is 35.6 Å². The fourth-order valence-corrected chi connectivity index (χ4v) is 1.41. The van der Waals surface area contributed by atoms with E-state index < -0.39 is 5.91 Å². The Morgan fingerprint density at radius 2 is 1.85 bits per heavy atom. The quantitative estimate of drug-likeness (QED) is 0.744. The molecular weight excluding hydrogens is 260 g/mol. The average molecular weight is 280 g/mol. The van der Waals surface area contributed by atoms with Gasteiger partial charge in [-0.2, -0.15) is 0 Å². The zero-order chi connectivity index (χ0) is 15.2. The Kier molecular flexibility index (Phi) is 5.37. The van der Waals surface area contributed by atoms with Crippen LogP contribution in [0.15, 0.2) is 24.3 Å². The van der Waals surface area contributed by atoms with Gasteiger partial charge in [0.1, 0.15) is 0 Å². The smallest absolute Gasteiger partial charge is 0.258 e. The summed E-state index contributed by atoms with van der Waals surface area (Å²) in [6, 6.07) is 6.35. The van der Waals surface area contributed by atoms with Gasteiger partial charge in [0.2, 0.25) is 5.91 Å². The van der Waals surface area contributed by atoms with Gasteiger partial charge in [-0.1, -0.05) is 12.1 Å². The first-order valence-electron chi connectivity index (χ1n) is 6.26. The number of nitrogens with one attached hydrogen (secondary N) is 2. The van der Waals surface area contributed by atoms with Gasteiger partial charge in [-0.25, -0.2) is 0 Å². The first-order chi connectivity index (χ1) is 9.28. The van der Waals surface area contributed by atoms with E-state index in [4.69, 9.17) is 4.74 Å². The molecule has 0 atom stereocenters. The van der Waals surface area contributed by atoms with E-state index in [1.54, 1.807) is 18.2 Å². The number of carbonyl (C=O) groups is 2. The summed E-state index contributed by atoms with van der Waals surface area (Å²) >= 11 is 0. The Bertz CT molecular complexity index is 480. The zero-order valence-electron chi connectivity index (χ0n) is 11.9. The topological polar surface area (TPSA) is 87.7 Å². The third kappa shape index (κ3) is 6.08. The highest BCUT2D eigenvalue weighted by atomic mass is 16.5. The van der Waals surface area contributed by atoms with Crippen molar-refractivity contribution in [1.29, 1.82) is 0 Å². The molecule has 2 amide bonds. The molecule has 0 aliphatic heterocycles. The van der Waals surface area contributed by atoms with Crippen molar-refractivity contribution in [2.75, 3.05) is 13.2 Å². The van der Waals surface area contributed by atoms with Gasteiger partial charge in [0.25, 0.3) is 5.91 Å². The van der Waals surface area contributed by atoms with E-state index in [9.17, 15) is 14.7 Å². The molecule has 1 aromatic carbocycles. The standard InChI is InChI=1S/C14H20N2O4/c1-14(2,3)16-12(18)8-15-13(19)9-20-11-7-5-4-6-10(11)17/h4-7,17H,8-9H2,1-3H3,(H,15,19)(H,16,18). The summed E-state index contributed by atoms with van der Waals surface area (Å²) in [5.41, 5.74) is -0.339. The molecule has 3 N–H and O–H groups in total. The minimum atomic E-state index is -0.433. The molecule has 0 radical (unpaired) electrons. The third-order valence-electron chi connectivity index (χ3n) is 2.18. The van der Waals surface area contributed by atoms with Crippen LogP contribution >= 0.6 is 0 Å². The lowest BCUT2D eigenvalue weighted by Crippen LogP contribution is -2.46. The van der Waals surface area contributed by atoms with Crippen molar-refractivity contribution in [3.8, 4) is 11.5 Å². The maximum absolute atomic E-state index is 11.5. The van der Waals surface area contributed by atoms with Crippen molar-refractivity contribution in [1.82, 2.24) is 10.6 Å². The van der Waals surface area contributed by atoms with Gasteiger partial charge in [0.15, 0.2) is 18.1 Å². The van der Waals surface area contributed by atoms with E-state index >= 15 is 0 Å². The van der Waals surface area contributed by atoms with Crippen molar-refractivity contribution in [2.45, 2.75) is 26.3 Å². The largest absolute Gasteiger partial charge is 0.504 e. The first-order valence-corrected chi connectivity index (χ1v) is 6.26. The van der Waals surface area contributed by atoms with Gasteiger partial charge >= 0.3 is 0 Å². The summed E-state index contributed by atoms with van der Waals surface area (Å²) in [6.45, 7) is 5.19. The van der Waals surface area contributed by atoms with E-state index in [0.717, 1.165) is 0 Å². The Morgan fingerprint density at radius 3 is 2.45 bits per heavy atom. The lowest BCUT2D eigenvalue weighted by atomic mass is 10.1. The highest BCUT2D eigenvalue weighted by Crippen LogP contribution is 2.23. The molecule has 0 fully saturated rings. The summed E-state index contributed by atoms with van der Waals surface area (Å²) in [5.74, 6) is -0.515. The number of hydrogen-bond donors (Lipinski definition) is 3. The highest BCUT2D eigenvalue weighted by molar-refractivity contribution is 5.85. The highest BCUT2D eigenvalue weighted by Gasteiger charge is 2.14. The molecule has 6 nitrogen and oxygen atoms in total. The molecule has 1 aromatic rings. The van der Waals surface area contributed by atoms with Gasteiger partial charge in [-0.15, -0.1) is 0 Å². The molecule has 0 saturated carbocycles. The number of ether oxygens (including phenoxy) is 1. The van der Waals surface area contributed by atoms with Gasteiger partial charge in [0.05, 0.1) is 6.54 Å². The second-order valence-electron chi connectivity index (χ2n) is 5.33. The lowest BCUT2D eigenvalue weighted by molar-refractivity contribution is -0.127. The van der Waals surface area contributed by atoms with Crippen LogP contribution in [0.4, 0.5) is 0 Å². The Hall–Kier alpha value is -2.24. The predicted molar refractivity (Wildman–Crippen MR) is 74.5 cm³/mol.